The SMILES string of the molecule is C=CCCCCCOc1c(C)cccc1CNCCC. The van der Waals surface area contributed by atoms with Gasteiger partial charge in [0.15, 0.2) is 0 Å². The largest absolute Gasteiger partial charge is 0.493 e. The molecule has 0 aliphatic heterocycles. The Hall–Kier alpha value is -1.28. The Balaban J connectivity index is 2.43. The molecule has 1 aromatic rings. The molecule has 112 valence electrons. The number of unbranched alkanes of at least 4 members (excludes halogenated alkanes) is 3. The van der Waals surface area contributed by atoms with E-state index in [1.165, 1.54) is 24.0 Å². The molecule has 0 amide bonds. The molecule has 0 aromatic heterocycles. The van der Waals surface area contributed by atoms with Gasteiger partial charge in [-0.2, -0.15) is 0 Å². The minimum atomic E-state index is 0.808. The number of aryl methyl sites for hydroxylation is 1. The zero-order valence-corrected chi connectivity index (χ0v) is 13.1. The maximum atomic E-state index is 6.01. The lowest BCUT2D eigenvalue weighted by molar-refractivity contribution is 0.300. The van der Waals surface area contributed by atoms with E-state index in [4.69, 9.17) is 4.74 Å². The summed E-state index contributed by atoms with van der Waals surface area (Å²) < 4.78 is 6.01. The molecule has 0 saturated carbocycles. The Bertz CT molecular complexity index is 387. The highest BCUT2D eigenvalue weighted by Crippen LogP contribution is 2.23. The normalized spacial score (nSPS) is 10.5. The van der Waals surface area contributed by atoms with Crippen LogP contribution in [0.3, 0.4) is 0 Å². The van der Waals surface area contributed by atoms with Crippen LogP contribution in [0.15, 0.2) is 30.9 Å². The van der Waals surface area contributed by atoms with E-state index >= 15 is 0 Å². The number of hydrogen-bond acceptors (Lipinski definition) is 2. The van der Waals surface area contributed by atoms with Crippen molar-refractivity contribution in [2.45, 2.75) is 52.5 Å². The highest BCUT2D eigenvalue weighted by Gasteiger charge is 2.06. The van der Waals surface area contributed by atoms with Crippen molar-refractivity contribution in [2.75, 3.05) is 13.2 Å². The predicted octanol–water partition coefficient (Wildman–Crippen LogP) is 4.62. The van der Waals surface area contributed by atoms with Gasteiger partial charge in [-0.05, 0) is 51.1 Å². The molecule has 0 unspecified atom stereocenters. The first-order valence-electron chi connectivity index (χ1n) is 7.82. The maximum absolute atomic E-state index is 6.01. The smallest absolute Gasteiger partial charge is 0.126 e. The second-order valence-electron chi connectivity index (χ2n) is 5.23. The molecule has 0 heterocycles. The molecule has 0 fully saturated rings. The fourth-order valence-electron chi connectivity index (χ4n) is 2.20. The van der Waals surface area contributed by atoms with Crippen LogP contribution >= 0.6 is 0 Å². The summed E-state index contributed by atoms with van der Waals surface area (Å²) >= 11 is 0. The Labute approximate surface area is 124 Å². The Morgan fingerprint density at radius 3 is 2.85 bits per heavy atom. The van der Waals surface area contributed by atoms with Crippen molar-refractivity contribution in [1.29, 1.82) is 0 Å². The molecule has 0 bridgehead atoms. The van der Waals surface area contributed by atoms with Gasteiger partial charge in [-0.25, -0.2) is 0 Å². The van der Waals surface area contributed by atoms with Gasteiger partial charge in [0.1, 0.15) is 5.75 Å². The van der Waals surface area contributed by atoms with Crippen LogP contribution < -0.4 is 10.1 Å². The third-order valence-corrected chi connectivity index (χ3v) is 3.33. The highest BCUT2D eigenvalue weighted by atomic mass is 16.5. The summed E-state index contributed by atoms with van der Waals surface area (Å²) in [5.74, 6) is 1.07. The first-order chi connectivity index (χ1) is 9.79. The first-order valence-corrected chi connectivity index (χ1v) is 7.82. The first kappa shape index (κ1) is 16.8. The predicted molar refractivity (Wildman–Crippen MR) is 87.3 cm³/mol. The van der Waals surface area contributed by atoms with Crippen LogP contribution in [0.1, 0.15) is 50.2 Å². The molecule has 1 aromatic carbocycles. The average molecular weight is 275 g/mol. The van der Waals surface area contributed by atoms with Gasteiger partial charge in [0.25, 0.3) is 0 Å². The summed E-state index contributed by atoms with van der Waals surface area (Å²) in [5.41, 5.74) is 2.50. The molecule has 1 rings (SSSR count). The molecule has 20 heavy (non-hydrogen) atoms. The van der Waals surface area contributed by atoms with Crippen LogP contribution in [-0.4, -0.2) is 13.2 Å². The third kappa shape index (κ3) is 6.25. The van der Waals surface area contributed by atoms with Crippen molar-refractivity contribution in [3.8, 4) is 5.75 Å². The number of allylic oxidation sites excluding steroid dienone is 1. The molecule has 2 nitrogen and oxygen atoms in total. The average Bonchev–Trinajstić information content (AvgIpc) is 2.45. The number of hydrogen-bond donors (Lipinski definition) is 1. The van der Waals surface area contributed by atoms with Gasteiger partial charge in [0.2, 0.25) is 0 Å². The maximum Gasteiger partial charge on any atom is 0.126 e. The van der Waals surface area contributed by atoms with E-state index < -0.39 is 0 Å². The van der Waals surface area contributed by atoms with Gasteiger partial charge < -0.3 is 10.1 Å². The number of para-hydroxylation sites is 1. The second kappa shape index (κ2) is 10.5. The van der Waals surface area contributed by atoms with E-state index in [2.05, 4.69) is 43.9 Å². The Morgan fingerprint density at radius 2 is 2.10 bits per heavy atom. The van der Waals surface area contributed by atoms with Crippen LogP contribution in [0.25, 0.3) is 0 Å². The van der Waals surface area contributed by atoms with E-state index in [0.717, 1.165) is 44.7 Å². The van der Waals surface area contributed by atoms with Gasteiger partial charge in [0.05, 0.1) is 6.61 Å². The summed E-state index contributed by atoms with van der Waals surface area (Å²) in [7, 11) is 0. The zero-order valence-electron chi connectivity index (χ0n) is 13.1. The van der Waals surface area contributed by atoms with Gasteiger partial charge in [0, 0.05) is 12.1 Å². The monoisotopic (exact) mass is 275 g/mol. The van der Waals surface area contributed by atoms with Crippen molar-refractivity contribution >= 4 is 0 Å². The van der Waals surface area contributed by atoms with Gasteiger partial charge >= 0.3 is 0 Å². The number of rotatable bonds is 11. The van der Waals surface area contributed by atoms with Crippen LogP contribution in [0.5, 0.6) is 5.75 Å². The fraction of sp³-hybridized carbons (Fsp3) is 0.556. The summed E-state index contributed by atoms with van der Waals surface area (Å²) in [5, 5.41) is 3.45. The summed E-state index contributed by atoms with van der Waals surface area (Å²) in [6, 6.07) is 6.38. The van der Waals surface area contributed by atoms with E-state index in [1.807, 2.05) is 6.08 Å². The lowest BCUT2D eigenvalue weighted by Gasteiger charge is -2.14. The van der Waals surface area contributed by atoms with Crippen LogP contribution in [-0.2, 0) is 6.54 Å². The van der Waals surface area contributed by atoms with Crippen molar-refractivity contribution in [1.82, 2.24) is 5.32 Å². The second-order valence-corrected chi connectivity index (χ2v) is 5.23. The summed E-state index contributed by atoms with van der Waals surface area (Å²) in [6.07, 6.45) is 7.79. The summed E-state index contributed by atoms with van der Waals surface area (Å²) in [6.45, 7) is 10.8. The molecule has 0 saturated heterocycles. The van der Waals surface area contributed by atoms with Crippen molar-refractivity contribution < 1.29 is 4.74 Å². The van der Waals surface area contributed by atoms with Gasteiger partial charge in [-0.1, -0.05) is 31.2 Å². The number of nitrogens with one attached hydrogen (secondary N) is 1. The fourth-order valence-corrected chi connectivity index (χ4v) is 2.20. The van der Waals surface area contributed by atoms with E-state index in [9.17, 15) is 0 Å². The molecule has 0 aliphatic carbocycles. The molecule has 0 spiro atoms. The standard InChI is InChI=1S/C18H29NO/c1-4-6-7-8-9-14-20-18-16(3)11-10-12-17(18)15-19-13-5-2/h4,10-12,19H,1,5-9,13-15H2,2-3H3. The number of benzene rings is 1. The zero-order chi connectivity index (χ0) is 14.6. The highest BCUT2D eigenvalue weighted by molar-refractivity contribution is 5.40. The lowest BCUT2D eigenvalue weighted by Crippen LogP contribution is -2.15. The Kier molecular flexibility index (Phi) is 8.81. The summed E-state index contributed by atoms with van der Waals surface area (Å²) in [4.78, 5) is 0. The van der Waals surface area contributed by atoms with Crippen molar-refractivity contribution in [3.63, 3.8) is 0 Å². The molecule has 0 atom stereocenters. The van der Waals surface area contributed by atoms with Crippen LogP contribution in [0, 0.1) is 6.92 Å². The van der Waals surface area contributed by atoms with Gasteiger partial charge in [-0.3, -0.25) is 0 Å². The van der Waals surface area contributed by atoms with E-state index in [1.54, 1.807) is 0 Å². The number of ether oxygens (including phenoxy) is 1. The van der Waals surface area contributed by atoms with Crippen LogP contribution in [0.4, 0.5) is 0 Å². The molecule has 1 N–H and O–H groups in total. The minimum absolute atomic E-state index is 0.808. The minimum Gasteiger partial charge on any atom is -0.493 e. The Morgan fingerprint density at radius 1 is 1.25 bits per heavy atom. The molecule has 0 aliphatic rings. The van der Waals surface area contributed by atoms with Gasteiger partial charge in [-0.15, -0.1) is 6.58 Å². The quantitative estimate of drug-likeness (QED) is 0.470. The molecular weight excluding hydrogens is 246 g/mol. The molecular formula is C18H29NO. The van der Waals surface area contributed by atoms with Crippen molar-refractivity contribution in [2.24, 2.45) is 0 Å². The molecule has 0 radical (unpaired) electrons. The van der Waals surface area contributed by atoms with E-state index in [0.29, 0.717) is 0 Å². The van der Waals surface area contributed by atoms with E-state index in [-0.39, 0.29) is 0 Å². The molecule has 2 heteroatoms. The topological polar surface area (TPSA) is 21.3 Å². The lowest BCUT2D eigenvalue weighted by atomic mass is 10.1. The van der Waals surface area contributed by atoms with Crippen LogP contribution in [0.2, 0.25) is 0 Å². The third-order valence-electron chi connectivity index (χ3n) is 3.33. The van der Waals surface area contributed by atoms with Crippen molar-refractivity contribution in [3.05, 3.63) is 42.0 Å².